The molecular formula is C10H16N4. The van der Waals surface area contributed by atoms with E-state index in [0.717, 1.165) is 12.1 Å². The fourth-order valence-electron chi connectivity index (χ4n) is 1.86. The maximum absolute atomic E-state index is 7.30. The number of nitrogens with zero attached hydrogens (tertiary/aromatic N) is 2. The van der Waals surface area contributed by atoms with Crippen LogP contribution in [0.4, 0.5) is 0 Å². The molecule has 3 N–H and O–H groups in total. The monoisotopic (exact) mass is 192 g/mol. The van der Waals surface area contributed by atoms with Crippen LogP contribution >= 0.6 is 0 Å². The Balaban J connectivity index is 2.29. The highest BCUT2D eigenvalue weighted by molar-refractivity contribution is 5.79. The minimum atomic E-state index is 0.225. The standard InChI is InChI=1S/C10H16N4/c1-2-14-10(7-3-4-7)8(6-13-14)5-9(11)12/h6-7H,2-5H2,1H3,(H3,11,12). The Morgan fingerprint density at radius 3 is 2.93 bits per heavy atom. The first kappa shape index (κ1) is 9.24. The van der Waals surface area contributed by atoms with E-state index in [1.165, 1.54) is 18.5 Å². The summed E-state index contributed by atoms with van der Waals surface area (Å²) in [5.41, 5.74) is 7.86. The fourth-order valence-corrected chi connectivity index (χ4v) is 1.86. The Morgan fingerprint density at radius 1 is 1.71 bits per heavy atom. The lowest BCUT2D eigenvalue weighted by molar-refractivity contribution is 0.621. The van der Waals surface area contributed by atoms with E-state index in [1.54, 1.807) is 0 Å². The number of amidine groups is 1. The van der Waals surface area contributed by atoms with E-state index in [1.807, 2.05) is 10.9 Å². The van der Waals surface area contributed by atoms with Gasteiger partial charge in [0.15, 0.2) is 0 Å². The summed E-state index contributed by atoms with van der Waals surface area (Å²) in [7, 11) is 0. The molecule has 14 heavy (non-hydrogen) atoms. The molecular weight excluding hydrogens is 176 g/mol. The van der Waals surface area contributed by atoms with E-state index < -0.39 is 0 Å². The second-order valence-electron chi connectivity index (χ2n) is 3.85. The number of aryl methyl sites for hydroxylation is 1. The van der Waals surface area contributed by atoms with E-state index in [4.69, 9.17) is 11.1 Å². The van der Waals surface area contributed by atoms with Crippen molar-refractivity contribution < 1.29 is 0 Å². The zero-order valence-corrected chi connectivity index (χ0v) is 8.45. The van der Waals surface area contributed by atoms with Crippen LogP contribution in [-0.2, 0) is 13.0 Å². The lowest BCUT2D eigenvalue weighted by Crippen LogP contribution is -2.14. The van der Waals surface area contributed by atoms with Crippen molar-refractivity contribution in [2.24, 2.45) is 5.73 Å². The Morgan fingerprint density at radius 2 is 2.43 bits per heavy atom. The molecule has 0 spiro atoms. The van der Waals surface area contributed by atoms with Crippen molar-refractivity contribution in [3.8, 4) is 0 Å². The fraction of sp³-hybridized carbons (Fsp3) is 0.600. The smallest absolute Gasteiger partial charge is 0.0951 e. The lowest BCUT2D eigenvalue weighted by Gasteiger charge is -2.05. The molecule has 1 aromatic rings. The second-order valence-corrected chi connectivity index (χ2v) is 3.85. The molecule has 1 aromatic heterocycles. The SMILES string of the molecule is CCn1ncc(CC(=N)N)c1C1CC1. The van der Waals surface area contributed by atoms with Crippen LogP contribution in [0.1, 0.15) is 36.9 Å². The molecule has 0 unspecified atom stereocenters. The molecule has 76 valence electrons. The van der Waals surface area contributed by atoms with E-state index in [0.29, 0.717) is 12.3 Å². The van der Waals surface area contributed by atoms with Crippen molar-refractivity contribution in [1.29, 1.82) is 5.41 Å². The molecule has 4 nitrogen and oxygen atoms in total. The molecule has 2 rings (SSSR count). The van der Waals surface area contributed by atoms with Crippen LogP contribution in [0.5, 0.6) is 0 Å². The van der Waals surface area contributed by atoms with Crippen LogP contribution in [0.25, 0.3) is 0 Å². The van der Waals surface area contributed by atoms with Crippen molar-refractivity contribution in [3.05, 3.63) is 17.5 Å². The Kier molecular flexibility index (Phi) is 2.27. The summed E-state index contributed by atoms with van der Waals surface area (Å²) in [6.07, 6.45) is 4.93. The van der Waals surface area contributed by atoms with Gasteiger partial charge in [0.25, 0.3) is 0 Å². The van der Waals surface area contributed by atoms with Crippen molar-refractivity contribution in [2.45, 2.75) is 38.6 Å². The predicted molar refractivity (Wildman–Crippen MR) is 55.5 cm³/mol. The third-order valence-corrected chi connectivity index (χ3v) is 2.60. The van der Waals surface area contributed by atoms with Crippen molar-refractivity contribution in [1.82, 2.24) is 9.78 Å². The van der Waals surface area contributed by atoms with Gasteiger partial charge in [0, 0.05) is 30.1 Å². The molecule has 0 radical (unpaired) electrons. The van der Waals surface area contributed by atoms with Crippen LogP contribution in [0.15, 0.2) is 6.20 Å². The van der Waals surface area contributed by atoms with Crippen LogP contribution in [0, 0.1) is 5.41 Å². The lowest BCUT2D eigenvalue weighted by atomic mass is 10.1. The third-order valence-electron chi connectivity index (χ3n) is 2.60. The molecule has 0 atom stereocenters. The van der Waals surface area contributed by atoms with Gasteiger partial charge in [0.05, 0.1) is 12.0 Å². The normalized spacial score (nSPS) is 15.8. The summed E-state index contributed by atoms with van der Waals surface area (Å²) < 4.78 is 2.04. The summed E-state index contributed by atoms with van der Waals surface area (Å²) >= 11 is 0. The number of rotatable bonds is 4. The molecule has 1 heterocycles. The number of aromatic nitrogens is 2. The summed E-state index contributed by atoms with van der Waals surface area (Å²) in [5, 5.41) is 11.6. The zero-order valence-electron chi connectivity index (χ0n) is 8.45. The van der Waals surface area contributed by atoms with Crippen molar-refractivity contribution in [3.63, 3.8) is 0 Å². The Bertz CT molecular complexity index is 349. The van der Waals surface area contributed by atoms with Gasteiger partial charge in [-0.15, -0.1) is 0 Å². The van der Waals surface area contributed by atoms with Crippen LogP contribution < -0.4 is 5.73 Å². The van der Waals surface area contributed by atoms with E-state index in [9.17, 15) is 0 Å². The zero-order chi connectivity index (χ0) is 10.1. The van der Waals surface area contributed by atoms with Gasteiger partial charge in [0.2, 0.25) is 0 Å². The highest BCUT2D eigenvalue weighted by atomic mass is 15.3. The molecule has 4 heteroatoms. The number of hydrogen-bond donors (Lipinski definition) is 2. The highest BCUT2D eigenvalue weighted by Gasteiger charge is 2.29. The van der Waals surface area contributed by atoms with Crippen LogP contribution in [0.2, 0.25) is 0 Å². The van der Waals surface area contributed by atoms with Gasteiger partial charge < -0.3 is 5.73 Å². The quantitative estimate of drug-likeness (QED) is 0.557. The van der Waals surface area contributed by atoms with E-state index >= 15 is 0 Å². The minimum absolute atomic E-state index is 0.225. The minimum Gasteiger partial charge on any atom is -0.387 e. The van der Waals surface area contributed by atoms with E-state index in [2.05, 4.69) is 12.0 Å². The third kappa shape index (κ3) is 1.64. The maximum Gasteiger partial charge on any atom is 0.0951 e. The Hall–Kier alpha value is -1.32. The van der Waals surface area contributed by atoms with Gasteiger partial charge in [-0.1, -0.05) is 0 Å². The number of nitrogens with two attached hydrogens (primary N) is 1. The summed E-state index contributed by atoms with van der Waals surface area (Å²) in [5.74, 6) is 0.898. The molecule has 0 bridgehead atoms. The molecule has 0 aromatic carbocycles. The molecule has 1 saturated carbocycles. The van der Waals surface area contributed by atoms with Gasteiger partial charge in [-0.05, 0) is 19.8 Å². The van der Waals surface area contributed by atoms with Gasteiger partial charge in [-0.2, -0.15) is 5.10 Å². The average Bonchev–Trinajstić information content (AvgIpc) is 2.88. The van der Waals surface area contributed by atoms with Crippen LogP contribution in [0.3, 0.4) is 0 Å². The first-order valence-electron chi connectivity index (χ1n) is 5.09. The van der Waals surface area contributed by atoms with Crippen molar-refractivity contribution in [2.75, 3.05) is 0 Å². The molecule has 0 saturated heterocycles. The molecule has 1 fully saturated rings. The molecule has 0 aliphatic heterocycles. The summed E-state index contributed by atoms with van der Waals surface area (Å²) in [6.45, 7) is 3.00. The topological polar surface area (TPSA) is 67.7 Å². The van der Waals surface area contributed by atoms with Gasteiger partial charge >= 0.3 is 0 Å². The largest absolute Gasteiger partial charge is 0.387 e. The van der Waals surface area contributed by atoms with Gasteiger partial charge in [0.1, 0.15) is 0 Å². The maximum atomic E-state index is 7.30. The highest BCUT2D eigenvalue weighted by Crippen LogP contribution is 2.41. The second kappa shape index (κ2) is 3.44. The molecule has 0 amide bonds. The predicted octanol–water partition coefficient (Wildman–Crippen LogP) is 1.26. The molecule has 1 aliphatic rings. The van der Waals surface area contributed by atoms with Gasteiger partial charge in [-0.25, -0.2) is 0 Å². The summed E-state index contributed by atoms with van der Waals surface area (Å²) in [4.78, 5) is 0. The van der Waals surface area contributed by atoms with E-state index in [-0.39, 0.29) is 5.84 Å². The summed E-state index contributed by atoms with van der Waals surface area (Å²) in [6, 6.07) is 0. The Labute approximate surface area is 83.6 Å². The van der Waals surface area contributed by atoms with Gasteiger partial charge in [-0.3, -0.25) is 10.1 Å². The average molecular weight is 192 g/mol. The van der Waals surface area contributed by atoms with Crippen LogP contribution in [-0.4, -0.2) is 15.6 Å². The number of nitrogens with one attached hydrogen (secondary N) is 1. The first-order valence-corrected chi connectivity index (χ1v) is 5.09. The number of hydrogen-bond acceptors (Lipinski definition) is 2. The first-order chi connectivity index (χ1) is 6.72. The molecule has 1 aliphatic carbocycles. The van der Waals surface area contributed by atoms with Crippen molar-refractivity contribution >= 4 is 5.84 Å².